The molecule has 0 fully saturated rings. The number of carbonyl (C=O) groups is 1. The highest BCUT2D eigenvalue weighted by molar-refractivity contribution is 5.86. The first-order valence-electron chi connectivity index (χ1n) is 5.15. The van der Waals surface area contributed by atoms with Crippen LogP contribution in [0.4, 0.5) is 0 Å². The van der Waals surface area contributed by atoms with E-state index >= 15 is 0 Å². The van der Waals surface area contributed by atoms with Crippen LogP contribution in [-0.4, -0.2) is 15.6 Å². The fourth-order valence-electron chi connectivity index (χ4n) is 1.68. The number of aryl methyl sites for hydroxylation is 1. The molecule has 0 saturated heterocycles. The number of hydrogen-bond donors (Lipinski definition) is 1. The van der Waals surface area contributed by atoms with Gasteiger partial charge in [-0.3, -0.25) is 0 Å². The minimum Gasteiger partial charge on any atom is -0.477 e. The van der Waals surface area contributed by atoms with E-state index in [0.29, 0.717) is 12.2 Å². The van der Waals surface area contributed by atoms with Gasteiger partial charge in [0.1, 0.15) is 5.69 Å². The molecule has 0 aliphatic carbocycles. The number of rotatable bonds is 4. The zero-order chi connectivity index (χ0) is 11.4. The molecular weight excluding hydrogens is 190 g/mol. The quantitative estimate of drug-likeness (QED) is 0.771. The molecule has 1 N–H and O–H groups in total. The summed E-state index contributed by atoms with van der Waals surface area (Å²) in [5.74, 6) is -0.859. The van der Waals surface area contributed by atoms with Crippen LogP contribution in [0.5, 0.6) is 0 Å². The summed E-state index contributed by atoms with van der Waals surface area (Å²) in [6, 6.07) is 1.77. The van der Waals surface area contributed by atoms with Crippen LogP contribution in [0.25, 0.3) is 0 Å². The molecule has 0 spiro atoms. The zero-order valence-corrected chi connectivity index (χ0v) is 9.45. The molecule has 0 unspecified atom stereocenters. The second kappa shape index (κ2) is 4.82. The molecule has 0 saturated carbocycles. The number of allylic oxidation sites excluding steroid dienone is 2. The van der Waals surface area contributed by atoms with Crippen molar-refractivity contribution in [2.45, 2.75) is 33.7 Å². The lowest BCUT2D eigenvalue weighted by Gasteiger charge is -2.06. The predicted molar refractivity (Wildman–Crippen MR) is 60.3 cm³/mol. The summed E-state index contributed by atoms with van der Waals surface area (Å²) in [5, 5.41) is 9.05. The van der Waals surface area contributed by atoms with Crippen molar-refractivity contribution in [2.24, 2.45) is 0 Å². The van der Waals surface area contributed by atoms with Crippen LogP contribution in [-0.2, 0) is 13.0 Å². The molecule has 1 aromatic heterocycles. The number of aromatic nitrogens is 1. The fourth-order valence-corrected chi connectivity index (χ4v) is 1.68. The molecule has 1 heterocycles. The fraction of sp³-hybridized carbons (Fsp3) is 0.417. The first-order chi connectivity index (χ1) is 7.11. The molecule has 0 atom stereocenters. The zero-order valence-electron chi connectivity index (χ0n) is 9.45. The van der Waals surface area contributed by atoms with Crippen LogP contribution in [0.15, 0.2) is 18.2 Å². The molecule has 15 heavy (non-hydrogen) atoms. The number of carboxylic acid groups (broad SMARTS) is 1. The molecule has 0 aliphatic heterocycles. The Bertz CT molecular complexity index is 389. The summed E-state index contributed by atoms with van der Waals surface area (Å²) < 4.78 is 1.83. The second-order valence-corrected chi connectivity index (χ2v) is 3.48. The first-order valence-corrected chi connectivity index (χ1v) is 5.15. The van der Waals surface area contributed by atoms with Gasteiger partial charge in [0.2, 0.25) is 0 Å². The smallest absolute Gasteiger partial charge is 0.352 e. The van der Waals surface area contributed by atoms with Gasteiger partial charge in [-0.15, -0.1) is 0 Å². The Kier molecular flexibility index (Phi) is 3.72. The van der Waals surface area contributed by atoms with Crippen molar-refractivity contribution in [3.63, 3.8) is 0 Å². The summed E-state index contributed by atoms with van der Waals surface area (Å²) in [7, 11) is 0. The van der Waals surface area contributed by atoms with Crippen molar-refractivity contribution in [1.82, 2.24) is 4.57 Å². The monoisotopic (exact) mass is 207 g/mol. The van der Waals surface area contributed by atoms with Crippen LogP contribution < -0.4 is 0 Å². The third-order valence-corrected chi connectivity index (χ3v) is 2.60. The van der Waals surface area contributed by atoms with Crippen LogP contribution in [0.2, 0.25) is 0 Å². The molecule has 0 amide bonds. The van der Waals surface area contributed by atoms with E-state index in [9.17, 15) is 4.79 Å². The van der Waals surface area contributed by atoms with E-state index in [1.54, 1.807) is 6.07 Å². The Morgan fingerprint density at radius 3 is 2.73 bits per heavy atom. The number of nitrogens with zero attached hydrogens (tertiary/aromatic N) is 1. The summed E-state index contributed by atoms with van der Waals surface area (Å²) in [5.41, 5.74) is 2.53. The van der Waals surface area contributed by atoms with E-state index in [-0.39, 0.29) is 0 Å². The summed E-state index contributed by atoms with van der Waals surface area (Å²) >= 11 is 0. The molecular formula is C12H17NO2. The van der Waals surface area contributed by atoms with Crippen LogP contribution in [0.3, 0.4) is 0 Å². The topological polar surface area (TPSA) is 42.2 Å². The van der Waals surface area contributed by atoms with E-state index in [1.807, 2.05) is 37.5 Å². The third-order valence-electron chi connectivity index (χ3n) is 2.60. The van der Waals surface area contributed by atoms with Crippen LogP contribution >= 0.6 is 0 Å². The molecule has 82 valence electrons. The number of carboxylic acids is 1. The third kappa shape index (κ3) is 2.29. The van der Waals surface area contributed by atoms with Crippen LogP contribution in [0.1, 0.15) is 35.6 Å². The summed E-state index contributed by atoms with van der Waals surface area (Å²) in [4.78, 5) is 11.0. The van der Waals surface area contributed by atoms with Crippen molar-refractivity contribution in [3.8, 4) is 0 Å². The van der Waals surface area contributed by atoms with E-state index in [0.717, 1.165) is 17.7 Å². The summed E-state index contributed by atoms with van der Waals surface area (Å²) in [6.45, 7) is 6.56. The molecule has 0 radical (unpaired) electrons. The molecule has 0 aliphatic rings. The SMILES string of the molecule is CC=CCn1c(C(=O)O)cc(CC)c1C. The highest BCUT2D eigenvalue weighted by Gasteiger charge is 2.14. The lowest BCUT2D eigenvalue weighted by molar-refractivity contribution is 0.0685. The average molecular weight is 207 g/mol. The first kappa shape index (κ1) is 11.6. The molecule has 3 nitrogen and oxygen atoms in total. The van der Waals surface area contributed by atoms with Crippen molar-refractivity contribution < 1.29 is 9.90 Å². The van der Waals surface area contributed by atoms with Gasteiger partial charge < -0.3 is 9.67 Å². The van der Waals surface area contributed by atoms with Gasteiger partial charge in [0, 0.05) is 12.2 Å². The van der Waals surface area contributed by atoms with E-state index < -0.39 is 5.97 Å². The van der Waals surface area contributed by atoms with Gasteiger partial charge in [-0.2, -0.15) is 0 Å². The van der Waals surface area contributed by atoms with Gasteiger partial charge in [0.25, 0.3) is 0 Å². The molecule has 1 aromatic rings. The van der Waals surface area contributed by atoms with Gasteiger partial charge in [-0.05, 0) is 31.9 Å². The van der Waals surface area contributed by atoms with Gasteiger partial charge in [-0.25, -0.2) is 4.79 Å². The maximum atomic E-state index is 11.0. The summed E-state index contributed by atoms with van der Waals surface area (Å²) in [6.07, 6.45) is 4.75. The Labute approximate surface area is 90.0 Å². The highest BCUT2D eigenvalue weighted by Crippen LogP contribution is 2.16. The maximum absolute atomic E-state index is 11.0. The van der Waals surface area contributed by atoms with Gasteiger partial charge in [0.05, 0.1) is 0 Å². The second-order valence-electron chi connectivity index (χ2n) is 3.48. The Balaban J connectivity index is 3.19. The van der Waals surface area contributed by atoms with Gasteiger partial charge >= 0.3 is 5.97 Å². The lowest BCUT2D eigenvalue weighted by atomic mass is 10.2. The Hall–Kier alpha value is -1.51. The molecule has 0 aromatic carbocycles. The number of hydrogen-bond acceptors (Lipinski definition) is 1. The average Bonchev–Trinajstić information content (AvgIpc) is 2.52. The largest absolute Gasteiger partial charge is 0.477 e. The standard InChI is InChI=1S/C12H17NO2/c1-4-6-7-13-9(3)10(5-2)8-11(13)12(14)15/h4,6,8H,5,7H2,1-3H3,(H,14,15). The lowest BCUT2D eigenvalue weighted by Crippen LogP contribution is -2.08. The molecule has 3 heteroatoms. The van der Waals surface area contributed by atoms with E-state index in [4.69, 9.17) is 5.11 Å². The molecule has 0 bridgehead atoms. The van der Waals surface area contributed by atoms with Gasteiger partial charge in [0.15, 0.2) is 0 Å². The molecule has 1 rings (SSSR count). The normalized spacial score (nSPS) is 11.1. The highest BCUT2D eigenvalue weighted by atomic mass is 16.4. The maximum Gasteiger partial charge on any atom is 0.352 e. The minimum absolute atomic E-state index is 0.377. The van der Waals surface area contributed by atoms with Crippen molar-refractivity contribution >= 4 is 5.97 Å². The Morgan fingerprint density at radius 1 is 1.60 bits per heavy atom. The Morgan fingerprint density at radius 2 is 2.27 bits per heavy atom. The minimum atomic E-state index is -0.859. The predicted octanol–water partition coefficient (Wildman–Crippen LogP) is 2.63. The van der Waals surface area contributed by atoms with Crippen molar-refractivity contribution in [2.75, 3.05) is 0 Å². The van der Waals surface area contributed by atoms with Crippen molar-refractivity contribution in [3.05, 3.63) is 35.2 Å². The van der Waals surface area contributed by atoms with Gasteiger partial charge in [-0.1, -0.05) is 19.1 Å². The van der Waals surface area contributed by atoms with Crippen LogP contribution in [0, 0.1) is 6.92 Å². The number of aromatic carboxylic acids is 1. The van der Waals surface area contributed by atoms with E-state index in [2.05, 4.69) is 0 Å². The van der Waals surface area contributed by atoms with E-state index in [1.165, 1.54) is 0 Å². The van der Waals surface area contributed by atoms with Crippen molar-refractivity contribution in [1.29, 1.82) is 0 Å².